The minimum atomic E-state index is -0.827. The van der Waals surface area contributed by atoms with Crippen LogP contribution in [0.5, 0.6) is 5.75 Å². The van der Waals surface area contributed by atoms with E-state index in [1.807, 2.05) is 56.4 Å². The van der Waals surface area contributed by atoms with Gasteiger partial charge in [-0.3, -0.25) is 9.55 Å². The van der Waals surface area contributed by atoms with Crippen molar-refractivity contribution in [3.8, 4) is 89.7 Å². The molecule has 0 amide bonds. The average molecular weight is 843 g/mol. The minimum Gasteiger partial charge on any atom is -0.507 e. The lowest BCUT2D eigenvalue weighted by Crippen LogP contribution is -2.10. The number of para-hydroxylation sites is 2. The third-order valence-corrected chi connectivity index (χ3v) is 12.4. The van der Waals surface area contributed by atoms with Crippen molar-refractivity contribution in [2.45, 2.75) is 45.9 Å². The molecule has 4 heteroatoms. The number of imidazole rings is 1. The van der Waals surface area contributed by atoms with Gasteiger partial charge in [-0.2, -0.15) is 0 Å². The number of benzene rings is 8. The summed E-state index contributed by atoms with van der Waals surface area (Å²) in [4.78, 5) is 10.4. The number of phenols is 1. The van der Waals surface area contributed by atoms with E-state index in [-0.39, 0.29) is 11.2 Å². The van der Waals surface area contributed by atoms with Crippen molar-refractivity contribution < 1.29 is 6.48 Å². The maximum atomic E-state index is 11.5. The van der Waals surface area contributed by atoms with Gasteiger partial charge in [-0.05, 0) is 128 Å². The zero-order valence-corrected chi connectivity index (χ0v) is 37.4. The van der Waals surface area contributed by atoms with E-state index in [0.717, 1.165) is 78.0 Å². The molecule has 0 saturated heterocycles. The van der Waals surface area contributed by atoms with E-state index >= 15 is 0 Å². The molecule has 0 aliphatic carbocycles. The van der Waals surface area contributed by atoms with Crippen molar-refractivity contribution in [1.82, 2.24) is 14.5 Å². The summed E-state index contributed by atoms with van der Waals surface area (Å²) in [7, 11) is 0. The molecule has 0 unspecified atom stereocenters. The van der Waals surface area contributed by atoms with E-state index in [2.05, 4.69) is 183 Å². The van der Waals surface area contributed by atoms with Gasteiger partial charge in [0.2, 0.25) is 0 Å². The van der Waals surface area contributed by atoms with E-state index in [1.54, 1.807) is 6.07 Å². The topological polar surface area (TPSA) is 50.9 Å². The van der Waals surface area contributed by atoms with Crippen LogP contribution in [0.15, 0.2) is 206 Å². The van der Waals surface area contributed by atoms with Gasteiger partial charge >= 0.3 is 0 Å². The molecule has 2 heterocycles. The van der Waals surface area contributed by atoms with Gasteiger partial charge in [-0.25, -0.2) is 4.98 Å². The Hall–Kier alpha value is -7.82. The fourth-order valence-electron chi connectivity index (χ4n) is 8.82. The summed E-state index contributed by atoms with van der Waals surface area (Å²) in [5.41, 5.74) is 17.9. The van der Waals surface area contributed by atoms with Crippen LogP contribution in [0.25, 0.3) is 95.0 Å². The van der Waals surface area contributed by atoms with Crippen molar-refractivity contribution in [2.75, 3.05) is 0 Å². The molecule has 0 aliphatic rings. The molecule has 0 bridgehead atoms. The number of fused-ring (bicyclic) bond motifs is 1. The Bertz CT molecular complexity index is 3360. The van der Waals surface area contributed by atoms with E-state index in [1.165, 1.54) is 16.7 Å². The molecule has 0 radical (unpaired) electrons. The number of hydrogen-bond acceptors (Lipinski definition) is 3. The maximum Gasteiger partial charge on any atom is 0.149 e. The zero-order chi connectivity index (χ0) is 45.6. The summed E-state index contributed by atoms with van der Waals surface area (Å²) in [6.07, 6.45) is 1.90. The summed E-state index contributed by atoms with van der Waals surface area (Å²) >= 11 is 0. The van der Waals surface area contributed by atoms with Gasteiger partial charge in [0.15, 0.2) is 0 Å². The first-order valence-electron chi connectivity index (χ1n) is 22.8. The molecule has 0 fully saturated rings. The summed E-state index contributed by atoms with van der Waals surface area (Å²) in [5, 5.41) is 11.5. The fourth-order valence-corrected chi connectivity index (χ4v) is 8.82. The molecule has 1 N–H and O–H groups in total. The molecule has 316 valence electrons. The van der Waals surface area contributed by atoms with Crippen LogP contribution in [0.3, 0.4) is 0 Å². The molecule has 2 aromatic heterocycles. The van der Waals surface area contributed by atoms with Gasteiger partial charge in [0.05, 0.1) is 28.0 Å². The predicted octanol–water partition coefficient (Wildman–Crippen LogP) is 16.2. The number of phenolic OH excluding ortho intramolecular Hbond substituents is 1. The third kappa shape index (κ3) is 8.16. The lowest BCUT2D eigenvalue weighted by molar-refractivity contribution is 0.477. The van der Waals surface area contributed by atoms with Crippen LogP contribution in [0.4, 0.5) is 0 Å². The lowest BCUT2D eigenvalue weighted by Gasteiger charge is -2.21. The number of pyridine rings is 1. The second kappa shape index (κ2) is 17.0. The highest BCUT2D eigenvalue weighted by Gasteiger charge is 2.23. The Labute approximate surface area is 383 Å². The minimum absolute atomic E-state index is 0.00697. The van der Waals surface area contributed by atoms with Gasteiger partial charge in [0.25, 0.3) is 0 Å². The monoisotopic (exact) mass is 842 g/mol. The van der Waals surface area contributed by atoms with Crippen LogP contribution in [-0.2, 0) is 5.41 Å². The van der Waals surface area contributed by atoms with E-state index in [9.17, 15) is 5.11 Å². The Morgan fingerprint density at radius 1 is 0.492 bits per heavy atom. The van der Waals surface area contributed by atoms with Crippen molar-refractivity contribution in [1.29, 1.82) is 0 Å². The molecule has 0 spiro atoms. The SMILES string of the molecule is [2H]C(C)(C)c1ccc(-n2c(-c3ccccc3O)nc3c(-c4cc(-c5ccccc5)cc(-c5cc(-c6ccc(-c7ccccc7)cc6)ccn5)c4)cccc32)c(-c2ccc(C(C)(C)C)cc2)c1. The first-order chi connectivity index (χ1) is 31.9. The van der Waals surface area contributed by atoms with Crippen molar-refractivity contribution >= 4 is 11.0 Å². The number of nitrogens with zero attached hydrogens (tertiary/aromatic N) is 3. The highest BCUT2D eigenvalue weighted by atomic mass is 16.3. The van der Waals surface area contributed by atoms with Gasteiger partial charge < -0.3 is 5.11 Å². The third-order valence-electron chi connectivity index (χ3n) is 12.4. The van der Waals surface area contributed by atoms with Crippen LogP contribution in [0, 0.1) is 0 Å². The highest BCUT2D eigenvalue weighted by Crippen LogP contribution is 2.42. The van der Waals surface area contributed by atoms with E-state index in [4.69, 9.17) is 11.3 Å². The summed E-state index contributed by atoms with van der Waals surface area (Å²) in [6, 6.07) is 69.4. The van der Waals surface area contributed by atoms with Gasteiger partial charge in [-0.15, -0.1) is 0 Å². The largest absolute Gasteiger partial charge is 0.507 e. The van der Waals surface area contributed by atoms with E-state index in [0.29, 0.717) is 11.4 Å². The lowest BCUT2D eigenvalue weighted by atomic mass is 9.86. The smallest absolute Gasteiger partial charge is 0.149 e. The van der Waals surface area contributed by atoms with Gasteiger partial charge in [0.1, 0.15) is 11.6 Å². The molecular formula is C61H51N3O. The molecule has 0 aliphatic heterocycles. The Balaban J connectivity index is 1.17. The molecule has 65 heavy (non-hydrogen) atoms. The molecule has 10 aromatic rings. The molecule has 10 rings (SSSR count). The first kappa shape index (κ1) is 40.0. The quantitative estimate of drug-likeness (QED) is 0.157. The number of rotatable bonds is 9. The maximum absolute atomic E-state index is 11.5. The highest BCUT2D eigenvalue weighted by molar-refractivity contribution is 5.98. The molecule has 4 nitrogen and oxygen atoms in total. The van der Waals surface area contributed by atoms with Crippen molar-refractivity contribution in [3.05, 3.63) is 218 Å². The molecule has 8 aromatic carbocycles. The number of aromatic hydroxyl groups is 1. The van der Waals surface area contributed by atoms with Crippen LogP contribution in [0.1, 0.15) is 53.0 Å². The van der Waals surface area contributed by atoms with Crippen LogP contribution >= 0.6 is 0 Å². The van der Waals surface area contributed by atoms with Crippen molar-refractivity contribution in [2.24, 2.45) is 0 Å². The van der Waals surface area contributed by atoms with Gasteiger partial charge in [0, 0.05) is 24.3 Å². The first-order valence-corrected chi connectivity index (χ1v) is 22.3. The molecule has 0 atom stereocenters. The van der Waals surface area contributed by atoms with Crippen LogP contribution in [0.2, 0.25) is 0 Å². The van der Waals surface area contributed by atoms with Crippen LogP contribution < -0.4 is 0 Å². The Morgan fingerprint density at radius 3 is 1.75 bits per heavy atom. The predicted molar refractivity (Wildman–Crippen MR) is 271 cm³/mol. The molecular weight excluding hydrogens is 791 g/mol. The van der Waals surface area contributed by atoms with Crippen molar-refractivity contribution in [3.63, 3.8) is 0 Å². The number of hydrogen-bond donors (Lipinski definition) is 1. The van der Waals surface area contributed by atoms with E-state index < -0.39 is 5.89 Å². The molecule has 0 saturated carbocycles. The fraction of sp³-hybridized carbons (Fsp3) is 0.115. The Kier molecular flexibility index (Phi) is 10.5. The summed E-state index contributed by atoms with van der Waals surface area (Å²) in [6.45, 7) is 10.5. The average Bonchev–Trinajstić information content (AvgIpc) is 3.73. The normalized spacial score (nSPS) is 12.0. The second-order valence-electron chi connectivity index (χ2n) is 18.1. The standard InChI is InChI=1S/C61H51N3O/c1-40(2)46-29-32-56(54(38-46)45-27-30-51(31-28-45)61(3,4)5)64-57-21-14-20-52(59(57)63-60(64)53-19-12-13-22-58(53)65)49-35-48(42-17-10-7-11-18-42)36-50(37-49)55-39-47(33-34-62-55)44-25-23-43(24-26-44)41-15-8-6-9-16-41/h6-40,65H,1-5H3/i40D. The van der Waals surface area contributed by atoms with Crippen LogP contribution in [-0.4, -0.2) is 19.6 Å². The zero-order valence-electron chi connectivity index (χ0n) is 38.4. The summed E-state index contributed by atoms with van der Waals surface area (Å²) in [5.74, 6) is -0.0654. The van der Waals surface area contributed by atoms with Gasteiger partial charge in [-0.1, -0.05) is 174 Å². The second-order valence-corrected chi connectivity index (χ2v) is 18.1. The number of aromatic nitrogens is 3. The summed E-state index contributed by atoms with van der Waals surface area (Å²) < 4.78 is 11.2. The Morgan fingerprint density at radius 2 is 1.08 bits per heavy atom.